The van der Waals surface area contributed by atoms with Gasteiger partial charge in [-0.15, -0.1) is 0 Å². The molecule has 1 N–H and O–H groups in total. The zero-order chi connectivity index (χ0) is 16.5. The van der Waals surface area contributed by atoms with Crippen molar-refractivity contribution >= 4 is 23.4 Å². The minimum Gasteiger partial charge on any atom is -0.494 e. The molecule has 0 bridgehead atoms. The summed E-state index contributed by atoms with van der Waals surface area (Å²) in [5.41, 5.74) is 0.769. The Morgan fingerprint density at radius 1 is 1.43 bits per heavy atom. The molecule has 0 radical (unpaired) electrons. The molecule has 1 aromatic carbocycles. The number of hydrogen-bond acceptors (Lipinski definition) is 4. The lowest BCUT2D eigenvalue weighted by Crippen LogP contribution is -2.12. The molecule has 0 aliphatic rings. The lowest BCUT2D eigenvalue weighted by atomic mass is 10.3. The normalized spacial score (nSPS) is 10.5. The number of amides is 1. The van der Waals surface area contributed by atoms with Gasteiger partial charge in [-0.2, -0.15) is 0 Å². The third-order valence-corrected chi connectivity index (χ3v) is 4.28. The fourth-order valence-corrected chi connectivity index (χ4v) is 2.82. The van der Waals surface area contributed by atoms with Crippen LogP contribution >= 0.6 is 11.8 Å². The van der Waals surface area contributed by atoms with Crippen molar-refractivity contribution in [3.8, 4) is 5.75 Å². The Labute approximate surface area is 141 Å². The van der Waals surface area contributed by atoms with Gasteiger partial charge >= 0.3 is 0 Å². The number of ether oxygens (including phenoxy) is 1. The first-order valence-corrected chi connectivity index (χ1v) is 8.80. The van der Waals surface area contributed by atoms with E-state index in [-0.39, 0.29) is 5.91 Å². The molecule has 0 unspecified atom stereocenters. The molecular formula is C17H23N3O2S. The summed E-state index contributed by atoms with van der Waals surface area (Å²) in [4.78, 5) is 16.2. The van der Waals surface area contributed by atoms with Crippen molar-refractivity contribution in [2.24, 2.45) is 7.05 Å². The van der Waals surface area contributed by atoms with Crippen molar-refractivity contribution in [3.05, 3.63) is 36.7 Å². The number of rotatable bonds is 9. The average Bonchev–Trinajstić information content (AvgIpc) is 2.93. The Morgan fingerprint density at radius 2 is 2.30 bits per heavy atom. The Morgan fingerprint density at radius 3 is 3.04 bits per heavy atom. The second kappa shape index (κ2) is 9.25. The van der Waals surface area contributed by atoms with E-state index < -0.39 is 0 Å². The predicted molar refractivity (Wildman–Crippen MR) is 94.0 cm³/mol. The van der Waals surface area contributed by atoms with Crippen LogP contribution in [0.1, 0.15) is 26.2 Å². The second-order valence-corrected chi connectivity index (χ2v) is 6.26. The summed E-state index contributed by atoms with van der Waals surface area (Å²) in [5, 5.41) is 3.83. The number of carbonyl (C=O) groups excluding carboxylic acids is 1. The van der Waals surface area contributed by atoms with Crippen LogP contribution in [0.25, 0.3) is 0 Å². The van der Waals surface area contributed by atoms with Crippen LogP contribution in [0.15, 0.2) is 41.8 Å². The highest BCUT2D eigenvalue weighted by atomic mass is 32.2. The molecule has 6 heteroatoms. The summed E-state index contributed by atoms with van der Waals surface area (Å²) in [6.07, 6.45) is 6.22. The van der Waals surface area contributed by atoms with Crippen LogP contribution in [0.2, 0.25) is 0 Å². The molecule has 2 rings (SSSR count). The predicted octanol–water partition coefficient (Wildman–Crippen LogP) is 3.72. The van der Waals surface area contributed by atoms with Crippen molar-refractivity contribution in [2.75, 3.05) is 17.7 Å². The first-order valence-electron chi connectivity index (χ1n) is 7.82. The zero-order valence-corrected chi connectivity index (χ0v) is 14.4. The van der Waals surface area contributed by atoms with Gasteiger partial charge in [-0.1, -0.05) is 31.2 Å². The van der Waals surface area contributed by atoms with Crippen LogP contribution in [0.3, 0.4) is 0 Å². The number of benzene rings is 1. The first kappa shape index (κ1) is 17.4. The third kappa shape index (κ3) is 5.98. The van der Waals surface area contributed by atoms with E-state index in [1.807, 2.05) is 42.1 Å². The maximum Gasteiger partial charge on any atom is 0.225 e. The molecule has 0 atom stereocenters. The molecule has 1 amide bonds. The van der Waals surface area contributed by atoms with Crippen LogP contribution in [0.5, 0.6) is 5.75 Å². The average molecular weight is 333 g/mol. The Kier molecular flexibility index (Phi) is 7.00. The van der Waals surface area contributed by atoms with E-state index in [0.717, 1.165) is 29.4 Å². The van der Waals surface area contributed by atoms with Gasteiger partial charge in [0.25, 0.3) is 0 Å². The SMILES string of the molecule is CCCCOc1cccc(NC(=O)CCSc2nccn2C)c1. The summed E-state index contributed by atoms with van der Waals surface area (Å²) in [6, 6.07) is 7.53. The van der Waals surface area contributed by atoms with E-state index in [9.17, 15) is 4.79 Å². The summed E-state index contributed by atoms with van der Waals surface area (Å²) in [7, 11) is 1.94. The van der Waals surface area contributed by atoms with Gasteiger partial charge in [-0.05, 0) is 18.6 Å². The van der Waals surface area contributed by atoms with E-state index >= 15 is 0 Å². The van der Waals surface area contributed by atoms with Crippen LogP contribution in [-0.4, -0.2) is 27.8 Å². The monoisotopic (exact) mass is 333 g/mol. The van der Waals surface area contributed by atoms with Crippen LogP contribution < -0.4 is 10.1 Å². The molecule has 0 saturated heterocycles. The molecular weight excluding hydrogens is 310 g/mol. The molecule has 23 heavy (non-hydrogen) atoms. The second-order valence-electron chi connectivity index (χ2n) is 5.20. The fourth-order valence-electron chi connectivity index (χ4n) is 1.95. The quantitative estimate of drug-likeness (QED) is 0.561. The molecule has 1 aromatic heterocycles. The van der Waals surface area contributed by atoms with Crippen molar-refractivity contribution in [2.45, 2.75) is 31.3 Å². The zero-order valence-electron chi connectivity index (χ0n) is 13.6. The standard InChI is InChI=1S/C17H23N3O2S/c1-3-4-11-22-15-7-5-6-14(13-15)19-16(21)8-12-23-17-18-9-10-20(17)2/h5-7,9-10,13H,3-4,8,11-12H2,1-2H3,(H,19,21). The van der Waals surface area contributed by atoms with Crippen LogP contribution in [-0.2, 0) is 11.8 Å². The molecule has 0 aliphatic carbocycles. The van der Waals surface area contributed by atoms with Gasteiger partial charge in [-0.3, -0.25) is 4.79 Å². The van der Waals surface area contributed by atoms with E-state index in [1.54, 1.807) is 18.0 Å². The van der Waals surface area contributed by atoms with Gasteiger partial charge in [0.1, 0.15) is 5.75 Å². The maximum absolute atomic E-state index is 12.0. The Bertz CT molecular complexity index is 628. The minimum atomic E-state index is -0.00239. The lowest BCUT2D eigenvalue weighted by molar-refractivity contribution is -0.115. The van der Waals surface area contributed by atoms with E-state index in [2.05, 4.69) is 17.2 Å². The lowest BCUT2D eigenvalue weighted by Gasteiger charge is -2.09. The van der Waals surface area contributed by atoms with Crippen molar-refractivity contribution in [1.29, 1.82) is 0 Å². The molecule has 0 saturated carbocycles. The van der Waals surface area contributed by atoms with Gasteiger partial charge in [-0.25, -0.2) is 4.98 Å². The Hall–Kier alpha value is -1.95. The van der Waals surface area contributed by atoms with E-state index in [4.69, 9.17) is 4.74 Å². The number of hydrogen-bond donors (Lipinski definition) is 1. The smallest absolute Gasteiger partial charge is 0.225 e. The third-order valence-electron chi connectivity index (χ3n) is 3.22. The largest absolute Gasteiger partial charge is 0.494 e. The number of thioether (sulfide) groups is 1. The molecule has 0 aliphatic heterocycles. The van der Waals surface area contributed by atoms with Crippen molar-refractivity contribution in [3.63, 3.8) is 0 Å². The summed E-state index contributed by atoms with van der Waals surface area (Å²) in [6.45, 7) is 2.83. The van der Waals surface area contributed by atoms with Crippen molar-refractivity contribution in [1.82, 2.24) is 9.55 Å². The van der Waals surface area contributed by atoms with Gasteiger partial charge < -0.3 is 14.6 Å². The molecule has 124 valence electrons. The van der Waals surface area contributed by atoms with E-state index in [0.29, 0.717) is 18.8 Å². The molecule has 0 fully saturated rings. The maximum atomic E-state index is 12.0. The van der Waals surface area contributed by atoms with Gasteiger partial charge in [0.2, 0.25) is 5.91 Å². The highest BCUT2D eigenvalue weighted by Gasteiger charge is 2.06. The van der Waals surface area contributed by atoms with Crippen molar-refractivity contribution < 1.29 is 9.53 Å². The molecule has 5 nitrogen and oxygen atoms in total. The number of aryl methyl sites for hydroxylation is 1. The van der Waals surface area contributed by atoms with Gasteiger partial charge in [0, 0.05) is 43.4 Å². The number of nitrogens with one attached hydrogen (secondary N) is 1. The summed E-state index contributed by atoms with van der Waals surface area (Å²) in [5.74, 6) is 1.49. The van der Waals surface area contributed by atoms with Crippen LogP contribution in [0, 0.1) is 0 Å². The number of nitrogens with zero attached hydrogens (tertiary/aromatic N) is 2. The molecule has 0 spiro atoms. The number of imidazole rings is 1. The van der Waals surface area contributed by atoms with Gasteiger partial charge in [0.15, 0.2) is 5.16 Å². The minimum absolute atomic E-state index is 0.00239. The number of carbonyl (C=O) groups is 1. The van der Waals surface area contributed by atoms with Crippen LogP contribution in [0.4, 0.5) is 5.69 Å². The summed E-state index contributed by atoms with van der Waals surface area (Å²) >= 11 is 1.58. The Balaban J connectivity index is 1.76. The number of anilines is 1. The molecule has 2 aromatic rings. The molecule has 1 heterocycles. The highest BCUT2D eigenvalue weighted by molar-refractivity contribution is 7.99. The summed E-state index contributed by atoms with van der Waals surface area (Å²) < 4.78 is 7.59. The van der Waals surface area contributed by atoms with E-state index in [1.165, 1.54) is 0 Å². The first-order chi connectivity index (χ1) is 11.2. The number of aromatic nitrogens is 2. The fraction of sp³-hybridized carbons (Fsp3) is 0.412. The number of unbranched alkanes of at least 4 members (excludes halogenated alkanes) is 1. The topological polar surface area (TPSA) is 56.1 Å². The highest BCUT2D eigenvalue weighted by Crippen LogP contribution is 2.19. The van der Waals surface area contributed by atoms with Gasteiger partial charge in [0.05, 0.1) is 6.61 Å².